The van der Waals surface area contributed by atoms with Gasteiger partial charge in [-0.15, -0.1) is 0 Å². The first-order valence-corrected chi connectivity index (χ1v) is 4.86. The van der Waals surface area contributed by atoms with Gasteiger partial charge in [-0.2, -0.15) is 0 Å². The minimum atomic E-state index is -0.688. The van der Waals surface area contributed by atoms with E-state index < -0.39 is 17.7 Å². The van der Waals surface area contributed by atoms with E-state index in [0.717, 1.165) is 12.1 Å². The summed E-state index contributed by atoms with van der Waals surface area (Å²) < 4.78 is 26.3. The Morgan fingerprint density at radius 3 is 2.64 bits per heavy atom. The van der Waals surface area contributed by atoms with Crippen LogP contribution in [0.1, 0.15) is 18.0 Å². The van der Waals surface area contributed by atoms with Gasteiger partial charge >= 0.3 is 0 Å². The SMILES string of the molecule is NC(CCO)c1cc(F)cc(Br)c1F. The van der Waals surface area contributed by atoms with Crippen LogP contribution in [0, 0.1) is 11.6 Å². The summed E-state index contributed by atoms with van der Waals surface area (Å²) >= 11 is 2.88. The van der Waals surface area contributed by atoms with E-state index in [0.29, 0.717) is 0 Å². The van der Waals surface area contributed by atoms with Gasteiger partial charge in [-0.3, -0.25) is 0 Å². The molecule has 5 heteroatoms. The molecule has 0 bridgehead atoms. The number of hydrogen-bond acceptors (Lipinski definition) is 2. The second kappa shape index (κ2) is 4.82. The van der Waals surface area contributed by atoms with Gasteiger partial charge in [0.2, 0.25) is 0 Å². The van der Waals surface area contributed by atoms with Crippen LogP contribution in [0.4, 0.5) is 8.78 Å². The lowest BCUT2D eigenvalue weighted by molar-refractivity contribution is 0.275. The standard InChI is InChI=1S/C9H10BrF2NO/c10-7-4-5(11)3-6(9(7)12)8(13)1-2-14/h3-4,8,14H,1-2,13H2. The van der Waals surface area contributed by atoms with Crippen LogP contribution in [0.5, 0.6) is 0 Å². The number of halogens is 3. The van der Waals surface area contributed by atoms with Gasteiger partial charge in [0, 0.05) is 18.2 Å². The van der Waals surface area contributed by atoms with Gasteiger partial charge < -0.3 is 10.8 Å². The van der Waals surface area contributed by atoms with Crippen molar-refractivity contribution in [1.82, 2.24) is 0 Å². The molecule has 0 aromatic heterocycles. The molecule has 0 amide bonds. The normalized spacial score (nSPS) is 12.9. The van der Waals surface area contributed by atoms with Crippen LogP contribution < -0.4 is 5.73 Å². The topological polar surface area (TPSA) is 46.2 Å². The van der Waals surface area contributed by atoms with Crippen LogP contribution in [0.3, 0.4) is 0 Å². The molecular formula is C9H10BrF2NO. The lowest BCUT2D eigenvalue weighted by atomic mass is 10.0. The summed E-state index contributed by atoms with van der Waals surface area (Å²) in [6.07, 6.45) is 0.201. The molecule has 0 radical (unpaired) electrons. The van der Waals surface area contributed by atoms with E-state index in [9.17, 15) is 8.78 Å². The largest absolute Gasteiger partial charge is 0.396 e. The molecule has 78 valence electrons. The minimum absolute atomic E-state index is 0.0425. The van der Waals surface area contributed by atoms with Gasteiger partial charge in [-0.05, 0) is 34.5 Å². The Hall–Kier alpha value is -0.520. The predicted octanol–water partition coefficient (Wildman–Crippen LogP) is 2.11. The van der Waals surface area contributed by atoms with Gasteiger partial charge in [0.05, 0.1) is 4.47 Å². The third-order valence-corrected chi connectivity index (χ3v) is 2.44. The van der Waals surface area contributed by atoms with E-state index >= 15 is 0 Å². The van der Waals surface area contributed by atoms with Crippen LogP contribution in [0.15, 0.2) is 16.6 Å². The molecule has 0 aliphatic heterocycles. The number of aliphatic hydroxyl groups is 1. The zero-order valence-corrected chi connectivity index (χ0v) is 8.89. The van der Waals surface area contributed by atoms with Gasteiger partial charge in [0.1, 0.15) is 11.6 Å². The molecule has 0 saturated heterocycles. The van der Waals surface area contributed by atoms with Crippen LogP contribution in [0.25, 0.3) is 0 Å². The van der Waals surface area contributed by atoms with Crippen LogP contribution in [-0.2, 0) is 0 Å². The molecule has 0 heterocycles. The molecule has 2 nitrogen and oxygen atoms in total. The quantitative estimate of drug-likeness (QED) is 0.823. The maximum atomic E-state index is 13.4. The fourth-order valence-corrected chi connectivity index (χ4v) is 1.59. The summed E-state index contributed by atoms with van der Waals surface area (Å²) in [5.41, 5.74) is 5.63. The number of nitrogens with two attached hydrogens (primary N) is 1. The van der Waals surface area contributed by atoms with Crippen molar-refractivity contribution >= 4 is 15.9 Å². The Labute approximate surface area is 88.9 Å². The average molecular weight is 266 g/mol. The van der Waals surface area contributed by atoms with Crippen molar-refractivity contribution in [2.24, 2.45) is 5.73 Å². The second-order valence-corrected chi connectivity index (χ2v) is 3.76. The Morgan fingerprint density at radius 1 is 1.43 bits per heavy atom. The van der Waals surface area contributed by atoms with Crippen molar-refractivity contribution in [2.45, 2.75) is 12.5 Å². The van der Waals surface area contributed by atoms with E-state index in [2.05, 4.69) is 15.9 Å². The third-order valence-electron chi connectivity index (χ3n) is 1.86. The summed E-state index contributed by atoms with van der Waals surface area (Å²) in [4.78, 5) is 0. The maximum absolute atomic E-state index is 13.4. The van der Waals surface area contributed by atoms with Crippen molar-refractivity contribution in [1.29, 1.82) is 0 Å². The van der Waals surface area contributed by atoms with E-state index in [1.54, 1.807) is 0 Å². The minimum Gasteiger partial charge on any atom is -0.396 e. The average Bonchev–Trinajstić information content (AvgIpc) is 2.11. The summed E-state index contributed by atoms with van der Waals surface area (Å²) in [6.45, 7) is -0.158. The Balaban J connectivity index is 3.07. The molecule has 14 heavy (non-hydrogen) atoms. The number of rotatable bonds is 3. The lowest BCUT2D eigenvalue weighted by Gasteiger charge is -2.12. The molecule has 0 saturated carbocycles. The second-order valence-electron chi connectivity index (χ2n) is 2.91. The highest BCUT2D eigenvalue weighted by Gasteiger charge is 2.15. The first kappa shape index (κ1) is 11.6. The maximum Gasteiger partial charge on any atom is 0.142 e. The van der Waals surface area contributed by atoms with Gasteiger partial charge in [-0.25, -0.2) is 8.78 Å². The summed E-state index contributed by atoms with van der Waals surface area (Å²) in [5.74, 6) is -1.13. The fourth-order valence-electron chi connectivity index (χ4n) is 1.14. The van der Waals surface area contributed by atoms with Crippen molar-refractivity contribution in [3.8, 4) is 0 Å². The summed E-state index contributed by atoms with van der Waals surface area (Å²) in [6, 6.07) is 1.39. The molecule has 1 atom stereocenters. The van der Waals surface area contributed by atoms with Crippen LogP contribution in [-0.4, -0.2) is 11.7 Å². The van der Waals surface area contributed by atoms with Crippen LogP contribution in [0.2, 0.25) is 0 Å². The Bertz CT molecular complexity index is 333. The third kappa shape index (κ3) is 2.50. The van der Waals surface area contributed by atoms with Crippen molar-refractivity contribution in [2.75, 3.05) is 6.61 Å². The lowest BCUT2D eigenvalue weighted by Crippen LogP contribution is -2.14. The number of hydrogen-bond donors (Lipinski definition) is 2. The molecule has 1 aromatic carbocycles. The monoisotopic (exact) mass is 265 g/mol. The molecular weight excluding hydrogens is 256 g/mol. The van der Waals surface area contributed by atoms with Crippen molar-refractivity contribution < 1.29 is 13.9 Å². The zero-order valence-electron chi connectivity index (χ0n) is 7.30. The van der Waals surface area contributed by atoms with E-state index in [-0.39, 0.29) is 23.1 Å². The molecule has 1 aromatic rings. The Kier molecular flexibility index (Phi) is 3.97. The fraction of sp³-hybridized carbons (Fsp3) is 0.333. The first-order valence-electron chi connectivity index (χ1n) is 4.07. The summed E-state index contributed by atoms with van der Waals surface area (Å²) in [7, 11) is 0. The number of benzene rings is 1. The van der Waals surface area contributed by atoms with Crippen molar-refractivity contribution in [3.63, 3.8) is 0 Å². The molecule has 0 fully saturated rings. The Morgan fingerprint density at radius 2 is 2.07 bits per heavy atom. The highest BCUT2D eigenvalue weighted by molar-refractivity contribution is 9.10. The summed E-state index contributed by atoms with van der Waals surface area (Å²) in [5, 5.41) is 8.62. The highest BCUT2D eigenvalue weighted by atomic mass is 79.9. The van der Waals surface area contributed by atoms with E-state index in [4.69, 9.17) is 10.8 Å². The molecule has 0 spiro atoms. The predicted molar refractivity (Wildman–Crippen MR) is 52.7 cm³/mol. The van der Waals surface area contributed by atoms with Crippen molar-refractivity contribution in [3.05, 3.63) is 33.8 Å². The number of aliphatic hydroxyl groups excluding tert-OH is 1. The molecule has 0 aliphatic carbocycles. The van der Waals surface area contributed by atoms with Gasteiger partial charge in [0.25, 0.3) is 0 Å². The first-order chi connectivity index (χ1) is 6.56. The van der Waals surface area contributed by atoms with Gasteiger partial charge in [-0.1, -0.05) is 0 Å². The van der Waals surface area contributed by atoms with Crippen LogP contribution >= 0.6 is 15.9 Å². The van der Waals surface area contributed by atoms with E-state index in [1.807, 2.05) is 0 Å². The molecule has 3 N–H and O–H groups in total. The molecule has 1 rings (SSSR count). The van der Waals surface area contributed by atoms with Gasteiger partial charge in [0.15, 0.2) is 0 Å². The van der Waals surface area contributed by atoms with E-state index in [1.165, 1.54) is 0 Å². The molecule has 0 aliphatic rings. The zero-order chi connectivity index (χ0) is 10.7. The molecule has 1 unspecified atom stereocenters. The highest BCUT2D eigenvalue weighted by Crippen LogP contribution is 2.25. The smallest absolute Gasteiger partial charge is 0.142 e.